The van der Waals surface area contributed by atoms with E-state index in [1.165, 1.54) is 30.5 Å². The monoisotopic (exact) mass is 290 g/mol. The number of benzene rings is 1. The second kappa shape index (κ2) is 7.23. The summed E-state index contributed by atoms with van der Waals surface area (Å²) in [6.07, 6.45) is 1.69. The van der Waals surface area contributed by atoms with Gasteiger partial charge < -0.3 is 15.1 Å². The Kier molecular flexibility index (Phi) is 5.09. The van der Waals surface area contributed by atoms with Crippen LogP contribution >= 0.6 is 0 Å². The Morgan fingerprint density at radius 3 is 2.52 bits per heavy atom. The van der Waals surface area contributed by atoms with Crippen LogP contribution in [-0.2, 0) is 11.3 Å². The van der Waals surface area contributed by atoms with E-state index in [9.17, 15) is 14.0 Å². The van der Waals surface area contributed by atoms with E-state index < -0.39 is 5.82 Å². The lowest BCUT2D eigenvalue weighted by Gasteiger charge is -2.06. The predicted molar refractivity (Wildman–Crippen MR) is 73.9 cm³/mol. The van der Waals surface area contributed by atoms with E-state index in [-0.39, 0.29) is 24.8 Å². The molecule has 5 nitrogen and oxygen atoms in total. The third-order valence-corrected chi connectivity index (χ3v) is 2.78. The lowest BCUT2D eigenvalue weighted by atomic mass is 10.2. The molecule has 0 atom stereocenters. The van der Waals surface area contributed by atoms with Crippen LogP contribution < -0.4 is 10.6 Å². The van der Waals surface area contributed by atoms with Crippen LogP contribution in [0.15, 0.2) is 47.1 Å². The third kappa shape index (κ3) is 4.76. The molecule has 0 fully saturated rings. The number of carbonyl (C=O) groups is 2. The first-order valence-electron chi connectivity index (χ1n) is 6.48. The van der Waals surface area contributed by atoms with Crippen molar-refractivity contribution in [2.45, 2.75) is 13.0 Å². The van der Waals surface area contributed by atoms with Gasteiger partial charge in [-0.25, -0.2) is 4.39 Å². The van der Waals surface area contributed by atoms with Gasteiger partial charge in [-0.15, -0.1) is 0 Å². The standard InChI is InChI=1S/C15H15FN2O3/c16-12-5-3-11(4-6-12)15(20)17-8-7-14(19)18-10-13-2-1-9-21-13/h1-6,9H,7-8,10H2,(H,17,20)(H,18,19). The molecule has 1 aromatic carbocycles. The van der Waals surface area contributed by atoms with E-state index in [0.29, 0.717) is 17.9 Å². The fourth-order valence-electron chi connectivity index (χ4n) is 1.68. The molecule has 0 spiro atoms. The summed E-state index contributed by atoms with van der Waals surface area (Å²) in [6, 6.07) is 8.71. The molecule has 0 aliphatic rings. The molecular weight excluding hydrogens is 275 g/mol. The fraction of sp³-hybridized carbons (Fsp3) is 0.200. The van der Waals surface area contributed by atoms with Gasteiger partial charge in [-0.2, -0.15) is 0 Å². The fourth-order valence-corrected chi connectivity index (χ4v) is 1.68. The lowest BCUT2D eigenvalue weighted by Crippen LogP contribution is -2.30. The second-order valence-electron chi connectivity index (χ2n) is 4.37. The summed E-state index contributed by atoms with van der Waals surface area (Å²) in [5, 5.41) is 5.27. The lowest BCUT2D eigenvalue weighted by molar-refractivity contribution is -0.121. The zero-order valence-electron chi connectivity index (χ0n) is 11.3. The summed E-state index contributed by atoms with van der Waals surface area (Å²) in [6.45, 7) is 0.526. The van der Waals surface area contributed by atoms with Crippen LogP contribution in [0.5, 0.6) is 0 Å². The summed E-state index contributed by atoms with van der Waals surface area (Å²) in [5.74, 6) is -0.262. The minimum absolute atomic E-state index is 0.160. The molecule has 21 heavy (non-hydrogen) atoms. The molecule has 1 heterocycles. The van der Waals surface area contributed by atoms with Gasteiger partial charge in [0.2, 0.25) is 5.91 Å². The van der Waals surface area contributed by atoms with Crippen molar-refractivity contribution in [3.63, 3.8) is 0 Å². The van der Waals surface area contributed by atoms with Gasteiger partial charge in [-0.05, 0) is 36.4 Å². The summed E-state index contributed by atoms with van der Waals surface area (Å²) < 4.78 is 17.8. The molecular formula is C15H15FN2O3. The van der Waals surface area contributed by atoms with Gasteiger partial charge in [0.05, 0.1) is 12.8 Å². The Morgan fingerprint density at radius 2 is 1.86 bits per heavy atom. The Balaban J connectivity index is 1.67. The quantitative estimate of drug-likeness (QED) is 0.853. The maximum Gasteiger partial charge on any atom is 0.251 e. The Morgan fingerprint density at radius 1 is 1.10 bits per heavy atom. The van der Waals surface area contributed by atoms with Crippen LogP contribution in [0.1, 0.15) is 22.5 Å². The van der Waals surface area contributed by atoms with Crippen molar-refractivity contribution in [3.8, 4) is 0 Å². The maximum atomic E-state index is 12.7. The van der Waals surface area contributed by atoms with Crippen molar-refractivity contribution in [1.82, 2.24) is 10.6 Å². The van der Waals surface area contributed by atoms with Crippen molar-refractivity contribution in [2.75, 3.05) is 6.54 Å². The highest BCUT2D eigenvalue weighted by Gasteiger charge is 2.07. The van der Waals surface area contributed by atoms with Crippen LogP contribution in [0.3, 0.4) is 0 Å². The topological polar surface area (TPSA) is 71.3 Å². The molecule has 0 aliphatic heterocycles. The SMILES string of the molecule is O=C(CCNC(=O)c1ccc(F)cc1)NCc1ccco1. The van der Waals surface area contributed by atoms with E-state index in [1.807, 2.05) is 0 Å². The summed E-state index contributed by atoms with van der Waals surface area (Å²) in [5.41, 5.74) is 0.354. The van der Waals surface area contributed by atoms with Crippen molar-refractivity contribution in [3.05, 3.63) is 59.8 Å². The van der Waals surface area contributed by atoms with Crippen molar-refractivity contribution >= 4 is 11.8 Å². The molecule has 110 valence electrons. The molecule has 2 amide bonds. The number of hydrogen-bond donors (Lipinski definition) is 2. The highest BCUT2D eigenvalue weighted by atomic mass is 19.1. The van der Waals surface area contributed by atoms with Gasteiger partial charge in [0, 0.05) is 18.5 Å². The van der Waals surface area contributed by atoms with E-state index >= 15 is 0 Å². The first-order chi connectivity index (χ1) is 10.1. The third-order valence-electron chi connectivity index (χ3n) is 2.78. The van der Waals surface area contributed by atoms with Gasteiger partial charge in [0.15, 0.2) is 0 Å². The zero-order chi connectivity index (χ0) is 15.1. The highest BCUT2D eigenvalue weighted by molar-refractivity contribution is 5.94. The van der Waals surface area contributed by atoms with Crippen molar-refractivity contribution in [2.24, 2.45) is 0 Å². The molecule has 0 aliphatic carbocycles. The zero-order valence-corrected chi connectivity index (χ0v) is 11.3. The van der Waals surface area contributed by atoms with E-state index in [0.717, 1.165) is 0 Å². The molecule has 0 saturated heterocycles. The van der Waals surface area contributed by atoms with Gasteiger partial charge >= 0.3 is 0 Å². The first kappa shape index (κ1) is 14.8. The van der Waals surface area contributed by atoms with Crippen LogP contribution in [0.4, 0.5) is 4.39 Å². The molecule has 0 saturated carbocycles. The molecule has 0 bridgehead atoms. The average molecular weight is 290 g/mol. The number of nitrogens with one attached hydrogen (secondary N) is 2. The number of furan rings is 1. The summed E-state index contributed by atoms with van der Waals surface area (Å²) >= 11 is 0. The van der Waals surface area contributed by atoms with Crippen LogP contribution in [-0.4, -0.2) is 18.4 Å². The van der Waals surface area contributed by atoms with E-state index in [1.54, 1.807) is 12.1 Å². The van der Waals surface area contributed by atoms with E-state index in [4.69, 9.17) is 4.42 Å². The second-order valence-corrected chi connectivity index (χ2v) is 4.37. The smallest absolute Gasteiger partial charge is 0.251 e. The maximum absolute atomic E-state index is 12.7. The molecule has 0 radical (unpaired) electrons. The van der Waals surface area contributed by atoms with Gasteiger partial charge in [0.25, 0.3) is 5.91 Å². The minimum atomic E-state index is -0.399. The molecule has 6 heteroatoms. The Bertz CT molecular complexity index is 594. The molecule has 2 N–H and O–H groups in total. The summed E-state index contributed by atoms with van der Waals surface area (Å²) in [7, 11) is 0. The summed E-state index contributed by atoms with van der Waals surface area (Å²) in [4.78, 5) is 23.2. The largest absolute Gasteiger partial charge is 0.467 e. The van der Waals surface area contributed by atoms with Gasteiger partial charge in [0.1, 0.15) is 11.6 Å². The number of rotatable bonds is 6. The average Bonchev–Trinajstić information content (AvgIpc) is 2.99. The number of amides is 2. The molecule has 1 aromatic heterocycles. The Hall–Kier alpha value is -2.63. The molecule has 2 rings (SSSR count). The predicted octanol–water partition coefficient (Wildman–Crippen LogP) is 1.86. The minimum Gasteiger partial charge on any atom is -0.467 e. The van der Waals surface area contributed by atoms with Gasteiger partial charge in [-0.1, -0.05) is 0 Å². The van der Waals surface area contributed by atoms with Gasteiger partial charge in [-0.3, -0.25) is 9.59 Å². The van der Waals surface area contributed by atoms with Crippen LogP contribution in [0.25, 0.3) is 0 Å². The Labute approximate surface area is 121 Å². The highest BCUT2D eigenvalue weighted by Crippen LogP contribution is 2.02. The number of hydrogen-bond acceptors (Lipinski definition) is 3. The van der Waals surface area contributed by atoms with Crippen LogP contribution in [0, 0.1) is 5.82 Å². The van der Waals surface area contributed by atoms with Crippen LogP contribution in [0.2, 0.25) is 0 Å². The first-order valence-corrected chi connectivity index (χ1v) is 6.48. The number of carbonyl (C=O) groups excluding carboxylic acids is 2. The normalized spacial score (nSPS) is 10.1. The van der Waals surface area contributed by atoms with E-state index in [2.05, 4.69) is 10.6 Å². The van der Waals surface area contributed by atoms with Crippen molar-refractivity contribution in [1.29, 1.82) is 0 Å². The number of halogens is 1. The van der Waals surface area contributed by atoms with Crippen molar-refractivity contribution < 1.29 is 18.4 Å². The molecule has 0 unspecified atom stereocenters. The molecule has 2 aromatic rings.